The van der Waals surface area contributed by atoms with Crippen LogP contribution in [-0.4, -0.2) is 11.6 Å². The topological polar surface area (TPSA) is 26.3 Å². The fraction of sp³-hybridized carbons (Fsp3) is 0.632. The van der Waals surface area contributed by atoms with Crippen molar-refractivity contribution in [2.24, 2.45) is 11.3 Å². The van der Waals surface area contributed by atoms with Crippen LogP contribution in [0.3, 0.4) is 0 Å². The predicted octanol–water partition coefficient (Wildman–Crippen LogP) is 4.77. The molecule has 0 saturated heterocycles. The van der Waals surface area contributed by atoms with Crippen LogP contribution in [0.25, 0.3) is 0 Å². The molecule has 2 heteroatoms. The van der Waals surface area contributed by atoms with Crippen molar-refractivity contribution in [1.82, 2.24) is 0 Å². The maximum absolute atomic E-state index is 12.3. The molecule has 0 N–H and O–H groups in total. The Morgan fingerprint density at radius 1 is 1.29 bits per heavy atom. The quantitative estimate of drug-likeness (QED) is 0.746. The molecule has 0 heterocycles. The summed E-state index contributed by atoms with van der Waals surface area (Å²) < 4.78 is 5.56. The predicted molar refractivity (Wildman–Crippen MR) is 86.1 cm³/mol. The first kappa shape index (κ1) is 16.1. The molecule has 2 atom stereocenters. The highest BCUT2D eigenvalue weighted by Crippen LogP contribution is 2.47. The first-order valence-electron chi connectivity index (χ1n) is 8.04. The Hall–Kier alpha value is -1.31. The number of carbonyl (C=O) groups excluding carboxylic acids is 1. The molecule has 2 unspecified atom stereocenters. The molecule has 1 aromatic rings. The molecule has 2 nitrogen and oxygen atoms in total. The number of benzene rings is 1. The fourth-order valence-electron chi connectivity index (χ4n) is 3.59. The van der Waals surface area contributed by atoms with Crippen molar-refractivity contribution < 1.29 is 9.53 Å². The standard InChI is InChI=1S/C19H28O2/c1-15-10-11-19(12-15,13-16-8-6-5-7-9-16)14-17(20)21-18(2,3)4/h5-9,15H,10-14H2,1-4H3. The second-order valence-electron chi connectivity index (χ2n) is 7.77. The van der Waals surface area contributed by atoms with Crippen LogP contribution >= 0.6 is 0 Å². The van der Waals surface area contributed by atoms with Gasteiger partial charge in [-0.05, 0) is 56.9 Å². The van der Waals surface area contributed by atoms with E-state index in [0.717, 1.165) is 19.3 Å². The van der Waals surface area contributed by atoms with E-state index in [1.807, 2.05) is 26.8 Å². The van der Waals surface area contributed by atoms with Gasteiger partial charge in [0.1, 0.15) is 5.60 Å². The van der Waals surface area contributed by atoms with Gasteiger partial charge in [0.05, 0.1) is 6.42 Å². The maximum Gasteiger partial charge on any atom is 0.306 e. The van der Waals surface area contributed by atoms with Crippen LogP contribution < -0.4 is 0 Å². The number of carbonyl (C=O) groups is 1. The lowest BCUT2D eigenvalue weighted by atomic mass is 9.76. The SMILES string of the molecule is CC1CCC(CC(=O)OC(C)(C)C)(Cc2ccccc2)C1. The maximum atomic E-state index is 12.3. The molecular weight excluding hydrogens is 260 g/mol. The molecule has 1 saturated carbocycles. The van der Waals surface area contributed by atoms with Crippen molar-refractivity contribution in [2.45, 2.75) is 65.4 Å². The van der Waals surface area contributed by atoms with Crippen molar-refractivity contribution in [3.8, 4) is 0 Å². The van der Waals surface area contributed by atoms with Gasteiger partial charge in [0.25, 0.3) is 0 Å². The Morgan fingerprint density at radius 2 is 1.95 bits per heavy atom. The minimum atomic E-state index is -0.394. The average Bonchev–Trinajstić information content (AvgIpc) is 2.69. The first-order valence-corrected chi connectivity index (χ1v) is 8.04. The number of hydrogen-bond donors (Lipinski definition) is 0. The Kier molecular flexibility index (Phi) is 4.75. The lowest BCUT2D eigenvalue weighted by molar-refractivity contribution is -0.157. The highest BCUT2D eigenvalue weighted by atomic mass is 16.6. The van der Waals surface area contributed by atoms with Gasteiger partial charge in [-0.3, -0.25) is 4.79 Å². The molecule has 0 spiro atoms. The summed E-state index contributed by atoms with van der Waals surface area (Å²) in [6.45, 7) is 8.10. The molecule has 0 amide bonds. The van der Waals surface area contributed by atoms with Gasteiger partial charge in [-0.1, -0.05) is 43.7 Å². The molecule has 0 aliphatic heterocycles. The molecular formula is C19H28O2. The van der Waals surface area contributed by atoms with Crippen LogP contribution in [0.4, 0.5) is 0 Å². The van der Waals surface area contributed by atoms with E-state index in [9.17, 15) is 4.79 Å². The lowest BCUT2D eigenvalue weighted by Gasteiger charge is -2.30. The third-order valence-corrected chi connectivity index (χ3v) is 4.31. The van der Waals surface area contributed by atoms with E-state index in [-0.39, 0.29) is 11.4 Å². The van der Waals surface area contributed by atoms with E-state index < -0.39 is 5.60 Å². The lowest BCUT2D eigenvalue weighted by Crippen LogP contribution is -2.30. The monoisotopic (exact) mass is 288 g/mol. The zero-order chi connectivity index (χ0) is 15.5. The smallest absolute Gasteiger partial charge is 0.306 e. The van der Waals surface area contributed by atoms with Crippen molar-refractivity contribution >= 4 is 5.97 Å². The first-order chi connectivity index (χ1) is 9.78. The number of hydrogen-bond acceptors (Lipinski definition) is 2. The molecule has 1 aliphatic rings. The van der Waals surface area contributed by atoms with Crippen molar-refractivity contribution in [3.05, 3.63) is 35.9 Å². The molecule has 1 fully saturated rings. The van der Waals surface area contributed by atoms with Gasteiger partial charge < -0.3 is 4.74 Å². The Balaban J connectivity index is 2.09. The van der Waals surface area contributed by atoms with E-state index in [1.54, 1.807) is 0 Å². The summed E-state index contributed by atoms with van der Waals surface area (Å²) in [4.78, 5) is 12.3. The molecule has 116 valence electrons. The van der Waals surface area contributed by atoms with E-state index in [4.69, 9.17) is 4.74 Å². The summed E-state index contributed by atoms with van der Waals surface area (Å²) in [5, 5.41) is 0. The second kappa shape index (κ2) is 6.21. The zero-order valence-corrected chi connectivity index (χ0v) is 13.8. The summed E-state index contributed by atoms with van der Waals surface area (Å²) in [5.41, 5.74) is 1.02. The molecule has 1 aromatic carbocycles. The van der Waals surface area contributed by atoms with Crippen LogP contribution in [0.2, 0.25) is 0 Å². The summed E-state index contributed by atoms with van der Waals surface area (Å²) >= 11 is 0. The Morgan fingerprint density at radius 3 is 2.48 bits per heavy atom. The van der Waals surface area contributed by atoms with Crippen LogP contribution in [-0.2, 0) is 16.0 Å². The molecule has 0 aromatic heterocycles. The molecule has 0 bridgehead atoms. The van der Waals surface area contributed by atoms with E-state index in [1.165, 1.54) is 12.0 Å². The van der Waals surface area contributed by atoms with Crippen molar-refractivity contribution in [3.63, 3.8) is 0 Å². The van der Waals surface area contributed by atoms with Crippen LogP contribution in [0.5, 0.6) is 0 Å². The van der Waals surface area contributed by atoms with E-state index in [0.29, 0.717) is 12.3 Å². The van der Waals surface area contributed by atoms with Gasteiger partial charge >= 0.3 is 5.97 Å². The number of esters is 1. The van der Waals surface area contributed by atoms with Crippen LogP contribution in [0.1, 0.15) is 58.9 Å². The molecule has 21 heavy (non-hydrogen) atoms. The van der Waals surface area contributed by atoms with Crippen LogP contribution in [0, 0.1) is 11.3 Å². The summed E-state index contributed by atoms with van der Waals surface area (Å²) in [7, 11) is 0. The van der Waals surface area contributed by atoms with E-state index in [2.05, 4.69) is 31.2 Å². The van der Waals surface area contributed by atoms with Crippen molar-refractivity contribution in [1.29, 1.82) is 0 Å². The van der Waals surface area contributed by atoms with Gasteiger partial charge in [-0.2, -0.15) is 0 Å². The minimum Gasteiger partial charge on any atom is -0.460 e. The fourth-order valence-corrected chi connectivity index (χ4v) is 3.59. The minimum absolute atomic E-state index is 0.0486. The van der Waals surface area contributed by atoms with Gasteiger partial charge in [-0.15, -0.1) is 0 Å². The third kappa shape index (κ3) is 4.87. The highest BCUT2D eigenvalue weighted by molar-refractivity contribution is 5.71. The summed E-state index contributed by atoms with van der Waals surface area (Å²) in [5.74, 6) is 0.656. The van der Waals surface area contributed by atoms with Gasteiger partial charge in [-0.25, -0.2) is 0 Å². The summed E-state index contributed by atoms with van der Waals surface area (Å²) in [6, 6.07) is 10.5. The second-order valence-corrected chi connectivity index (χ2v) is 7.77. The number of rotatable bonds is 4. The highest BCUT2D eigenvalue weighted by Gasteiger charge is 2.40. The Bertz CT molecular complexity index is 472. The third-order valence-electron chi connectivity index (χ3n) is 4.31. The Labute approximate surface area is 128 Å². The average molecular weight is 288 g/mol. The van der Waals surface area contributed by atoms with Gasteiger partial charge in [0.2, 0.25) is 0 Å². The summed E-state index contributed by atoms with van der Waals surface area (Å²) in [6.07, 6.45) is 5.00. The van der Waals surface area contributed by atoms with Crippen LogP contribution in [0.15, 0.2) is 30.3 Å². The molecule has 0 radical (unpaired) electrons. The van der Waals surface area contributed by atoms with Crippen molar-refractivity contribution in [2.75, 3.05) is 0 Å². The van der Waals surface area contributed by atoms with E-state index >= 15 is 0 Å². The van der Waals surface area contributed by atoms with Gasteiger partial charge in [0, 0.05) is 0 Å². The largest absolute Gasteiger partial charge is 0.460 e. The molecule has 1 aliphatic carbocycles. The van der Waals surface area contributed by atoms with Gasteiger partial charge in [0.15, 0.2) is 0 Å². The normalized spacial score (nSPS) is 25.8. The number of ether oxygens (including phenoxy) is 1. The zero-order valence-electron chi connectivity index (χ0n) is 13.8. The molecule has 2 rings (SSSR count).